The first-order valence-electron chi connectivity index (χ1n) is 7.77. The van der Waals surface area contributed by atoms with Gasteiger partial charge in [0.2, 0.25) is 15.9 Å². The van der Waals surface area contributed by atoms with Crippen LogP contribution in [-0.4, -0.2) is 40.1 Å². The van der Waals surface area contributed by atoms with Crippen molar-refractivity contribution in [3.8, 4) is 11.5 Å². The molecule has 3 aromatic rings. The van der Waals surface area contributed by atoms with Crippen LogP contribution >= 0.6 is 11.8 Å². The molecule has 12 heteroatoms. The molecule has 1 amide bonds. The number of nitrogens with zero attached hydrogens (tertiary/aromatic N) is 4. The summed E-state index contributed by atoms with van der Waals surface area (Å²) in [6.45, 7) is 2.70. The average molecular weight is 408 g/mol. The normalized spacial score (nSPS) is 11.5. The minimum absolute atomic E-state index is 0.0281. The maximum absolute atomic E-state index is 12.0. The molecule has 0 aliphatic heterocycles. The van der Waals surface area contributed by atoms with Crippen molar-refractivity contribution in [2.24, 2.45) is 5.14 Å². The van der Waals surface area contributed by atoms with Gasteiger partial charge in [0.15, 0.2) is 0 Å². The number of benzene rings is 1. The van der Waals surface area contributed by atoms with Crippen molar-refractivity contribution < 1.29 is 17.6 Å². The van der Waals surface area contributed by atoms with Gasteiger partial charge in [-0.3, -0.25) is 9.48 Å². The van der Waals surface area contributed by atoms with Crippen LogP contribution in [0.5, 0.6) is 0 Å². The lowest BCUT2D eigenvalue weighted by Gasteiger charge is -2.04. The highest BCUT2D eigenvalue weighted by Crippen LogP contribution is 2.23. The van der Waals surface area contributed by atoms with Gasteiger partial charge < -0.3 is 9.73 Å². The summed E-state index contributed by atoms with van der Waals surface area (Å²) in [5, 5.41) is 19.9. The number of anilines is 1. The number of hydrogen-bond acceptors (Lipinski definition) is 8. The lowest BCUT2D eigenvalue weighted by atomic mass is 10.3. The van der Waals surface area contributed by atoms with Gasteiger partial charge >= 0.3 is 0 Å². The lowest BCUT2D eigenvalue weighted by molar-refractivity contribution is -0.113. The second-order valence-electron chi connectivity index (χ2n) is 5.36. The zero-order valence-corrected chi connectivity index (χ0v) is 15.8. The molecule has 0 aliphatic rings. The van der Waals surface area contributed by atoms with Crippen molar-refractivity contribution in [3.05, 3.63) is 36.7 Å². The molecule has 2 heterocycles. The third-order valence-corrected chi connectivity index (χ3v) is 5.15. The minimum Gasteiger partial charge on any atom is -0.411 e. The first-order chi connectivity index (χ1) is 12.8. The molecule has 0 atom stereocenters. The van der Waals surface area contributed by atoms with E-state index in [0.29, 0.717) is 17.1 Å². The van der Waals surface area contributed by atoms with Crippen molar-refractivity contribution in [1.29, 1.82) is 0 Å². The lowest BCUT2D eigenvalue weighted by Crippen LogP contribution is -2.15. The highest BCUT2D eigenvalue weighted by molar-refractivity contribution is 7.99. The molecule has 1 aromatic carbocycles. The molecule has 0 fully saturated rings. The fourth-order valence-electron chi connectivity index (χ4n) is 2.08. The second kappa shape index (κ2) is 7.90. The number of carbonyl (C=O) groups is 1. The number of primary sulfonamides is 1. The molecule has 0 saturated heterocycles. The van der Waals surface area contributed by atoms with Gasteiger partial charge in [-0.25, -0.2) is 13.6 Å². The van der Waals surface area contributed by atoms with E-state index in [1.54, 1.807) is 17.1 Å². The molecule has 142 valence electrons. The Kier molecular flexibility index (Phi) is 5.58. The summed E-state index contributed by atoms with van der Waals surface area (Å²) < 4.78 is 29.7. The van der Waals surface area contributed by atoms with Crippen LogP contribution in [0.15, 0.2) is 51.2 Å². The van der Waals surface area contributed by atoms with Crippen molar-refractivity contribution >= 4 is 33.4 Å². The van der Waals surface area contributed by atoms with Gasteiger partial charge in [0.25, 0.3) is 11.1 Å². The smallest absolute Gasteiger partial charge is 0.277 e. The first-order valence-corrected chi connectivity index (χ1v) is 10.3. The van der Waals surface area contributed by atoms with Gasteiger partial charge in [0.05, 0.1) is 22.4 Å². The fraction of sp³-hybridized carbons (Fsp3) is 0.200. The monoisotopic (exact) mass is 408 g/mol. The summed E-state index contributed by atoms with van der Waals surface area (Å²) in [6.07, 6.45) is 3.42. The van der Waals surface area contributed by atoms with Crippen LogP contribution in [0.25, 0.3) is 11.5 Å². The van der Waals surface area contributed by atoms with Gasteiger partial charge in [-0.2, -0.15) is 5.10 Å². The Bertz CT molecular complexity index is 1040. The van der Waals surface area contributed by atoms with Crippen molar-refractivity contribution in [2.75, 3.05) is 11.1 Å². The van der Waals surface area contributed by atoms with E-state index in [2.05, 4.69) is 20.6 Å². The van der Waals surface area contributed by atoms with Crippen LogP contribution in [0.1, 0.15) is 6.92 Å². The van der Waals surface area contributed by atoms with Gasteiger partial charge in [-0.05, 0) is 31.2 Å². The van der Waals surface area contributed by atoms with Crippen molar-refractivity contribution in [3.63, 3.8) is 0 Å². The molecule has 3 N–H and O–H groups in total. The number of thioether (sulfide) groups is 1. The Labute approximate surface area is 159 Å². The number of nitrogens with two attached hydrogens (primary N) is 1. The van der Waals surface area contributed by atoms with E-state index in [-0.39, 0.29) is 21.8 Å². The molecular formula is C15H16N6O4S2. The molecule has 0 bridgehead atoms. The van der Waals surface area contributed by atoms with E-state index >= 15 is 0 Å². The van der Waals surface area contributed by atoms with Crippen LogP contribution < -0.4 is 10.5 Å². The molecule has 10 nitrogen and oxygen atoms in total. The van der Waals surface area contributed by atoms with Crippen LogP contribution in [-0.2, 0) is 21.4 Å². The number of aromatic nitrogens is 4. The molecule has 2 aromatic heterocycles. The second-order valence-corrected chi connectivity index (χ2v) is 7.85. The van der Waals surface area contributed by atoms with E-state index in [0.717, 1.165) is 18.3 Å². The first kappa shape index (κ1) is 19.1. The molecule has 0 spiro atoms. The third kappa shape index (κ3) is 4.93. The summed E-state index contributed by atoms with van der Waals surface area (Å²) in [5.74, 6) is 0.0744. The Morgan fingerprint density at radius 3 is 2.67 bits per heavy atom. The predicted molar refractivity (Wildman–Crippen MR) is 98.4 cm³/mol. The maximum atomic E-state index is 12.0. The highest BCUT2D eigenvalue weighted by atomic mass is 32.2. The number of carbonyl (C=O) groups excluding carboxylic acids is 1. The number of sulfonamides is 1. The summed E-state index contributed by atoms with van der Waals surface area (Å²) >= 11 is 1.09. The average Bonchev–Trinajstić information content (AvgIpc) is 3.28. The van der Waals surface area contributed by atoms with E-state index in [1.165, 1.54) is 24.3 Å². The van der Waals surface area contributed by atoms with E-state index in [1.807, 2.05) is 6.92 Å². The van der Waals surface area contributed by atoms with E-state index in [4.69, 9.17) is 9.56 Å². The predicted octanol–water partition coefficient (Wildman–Crippen LogP) is 1.33. The molecule has 3 rings (SSSR count). The fourth-order valence-corrected chi connectivity index (χ4v) is 3.16. The Morgan fingerprint density at radius 1 is 1.30 bits per heavy atom. The van der Waals surface area contributed by atoms with Gasteiger partial charge in [-0.15, -0.1) is 10.2 Å². The van der Waals surface area contributed by atoms with Gasteiger partial charge in [-0.1, -0.05) is 11.8 Å². The number of hydrogen-bond donors (Lipinski definition) is 2. The minimum atomic E-state index is -3.77. The number of aryl methyl sites for hydroxylation is 1. The maximum Gasteiger partial charge on any atom is 0.277 e. The Hall–Kier alpha value is -2.70. The molecule has 0 saturated carbocycles. The summed E-state index contributed by atoms with van der Waals surface area (Å²) in [6, 6.07) is 5.55. The molecule has 0 unspecified atom stereocenters. The van der Waals surface area contributed by atoms with Crippen LogP contribution in [0, 0.1) is 0 Å². The van der Waals surface area contributed by atoms with Crippen molar-refractivity contribution in [1.82, 2.24) is 20.0 Å². The van der Waals surface area contributed by atoms with Crippen LogP contribution in [0.3, 0.4) is 0 Å². The van der Waals surface area contributed by atoms with Crippen molar-refractivity contribution in [2.45, 2.75) is 23.6 Å². The number of rotatable bonds is 7. The Balaban J connectivity index is 1.55. The summed E-state index contributed by atoms with van der Waals surface area (Å²) in [4.78, 5) is 12.0. The quantitative estimate of drug-likeness (QED) is 0.557. The molecule has 0 radical (unpaired) electrons. The van der Waals surface area contributed by atoms with Crippen LogP contribution in [0.2, 0.25) is 0 Å². The van der Waals surface area contributed by atoms with Crippen LogP contribution in [0.4, 0.5) is 5.69 Å². The highest BCUT2D eigenvalue weighted by Gasteiger charge is 2.13. The Morgan fingerprint density at radius 2 is 2.04 bits per heavy atom. The van der Waals surface area contributed by atoms with E-state index in [9.17, 15) is 13.2 Å². The third-order valence-electron chi connectivity index (χ3n) is 3.40. The van der Waals surface area contributed by atoms with Gasteiger partial charge in [0, 0.05) is 18.4 Å². The topological polar surface area (TPSA) is 146 Å². The SMILES string of the molecule is CCn1cc(-c2nnc(SCC(=O)Nc3ccc(S(N)(=O)=O)cc3)o2)cn1. The molecule has 0 aliphatic carbocycles. The summed E-state index contributed by atoms with van der Waals surface area (Å²) in [5.41, 5.74) is 1.15. The zero-order chi connectivity index (χ0) is 19.4. The number of amides is 1. The largest absolute Gasteiger partial charge is 0.411 e. The zero-order valence-electron chi connectivity index (χ0n) is 14.2. The summed E-state index contributed by atoms with van der Waals surface area (Å²) in [7, 11) is -3.77. The van der Waals surface area contributed by atoms with E-state index < -0.39 is 10.0 Å². The molecular weight excluding hydrogens is 392 g/mol. The standard InChI is InChI=1S/C15H16N6O4S2/c1-2-21-8-10(7-17-21)14-19-20-15(25-14)26-9-13(22)18-11-3-5-12(6-4-11)27(16,23)24/h3-8H,2,9H2,1H3,(H,18,22)(H2,16,23,24). The number of nitrogens with one attached hydrogen (secondary N) is 1. The molecule has 27 heavy (non-hydrogen) atoms. The van der Waals surface area contributed by atoms with Gasteiger partial charge in [0.1, 0.15) is 0 Å².